The predicted octanol–water partition coefficient (Wildman–Crippen LogP) is 7.44. The van der Waals surface area contributed by atoms with Gasteiger partial charge in [-0.05, 0) is 35.2 Å². The summed E-state index contributed by atoms with van der Waals surface area (Å²) in [7, 11) is 0. The van der Waals surface area contributed by atoms with Crippen molar-refractivity contribution in [1.29, 1.82) is 0 Å². The van der Waals surface area contributed by atoms with E-state index < -0.39 is 0 Å². The van der Waals surface area contributed by atoms with Gasteiger partial charge in [0.15, 0.2) is 0 Å². The van der Waals surface area contributed by atoms with Gasteiger partial charge in [0.1, 0.15) is 11.2 Å². The summed E-state index contributed by atoms with van der Waals surface area (Å²) in [5.41, 5.74) is 7.41. The van der Waals surface area contributed by atoms with Crippen molar-refractivity contribution in [3.8, 4) is 22.4 Å². The number of fused-ring (bicyclic) bond motifs is 3. The largest absolute Gasteiger partial charge is 0.455 e. The molecule has 2 nitrogen and oxygen atoms in total. The fraction of sp³-hybridized carbons (Fsp3) is 0.115. The first-order valence-corrected chi connectivity index (χ1v) is 9.68. The highest BCUT2D eigenvalue weighted by Gasteiger charge is 2.12. The van der Waals surface area contributed by atoms with Crippen LogP contribution >= 0.6 is 0 Å². The van der Waals surface area contributed by atoms with Gasteiger partial charge in [0, 0.05) is 28.1 Å². The summed E-state index contributed by atoms with van der Waals surface area (Å²) in [4.78, 5) is 4.74. The molecule has 0 aliphatic carbocycles. The smallest absolute Gasteiger partial charge is 0.144 e. The maximum absolute atomic E-state index is 6.15. The number of furan rings is 1. The maximum atomic E-state index is 6.15. The Kier molecular flexibility index (Phi) is 3.98. The zero-order valence-electron chi connectivity index (χ0n) is 16.0. The maximum Gasteiger partial charge on any atom is 0.144 e. The van der Waals surface area contributed by atoms with Crippen molar-refractivity contribution in [3.05, 3.63) is 90.6 Å². The highest BCUT2D eigenvalue weighted by atomic mass is 16.3. The van der Waals surface area contributed by atoms with Gasteiger partial charge in [-0.2, -0.15) is 0 Å². The normalized spacial score (nSPS) is 11.5. The van der Waals surface area contributed by atoms with Gasteiger partial charge in [-0.1, -0.05) is 74.5 Å². The van der Waals surface area contributed by atoms with E-state index in [1.54, 1.807) is 0 Å². The van der Waals surface area contributed by atoms with E-state index in [1.807, 2.05) is 24.4 Å². The van der Waals surface area contributed by atoms with E-state index in [2.05, 4.69) is 74.5 Å². The van der Waals surface area contributed by atoms with E-state index in [1.165, 1.54) is 11.1 Å². The Morgan fingerprint density at radius 3 is 2.21 bits per heavy atom. The van der Waals surface area contributed by atoms with E-state index in [-0.39, 0.29) is 0 Å². The molecular weight excluding hydrogens is 342 g/mol. The third-order valence-electron chi connectivity index (χ3n) is 5.35. The zero-order valence-corrected chi connectivity index (χ0v) is 16.0. The van der Waals surface area contributed by atoms with Gasteiger partial charge in [0.2, 0.25) is 0 Å². The summed E-state index contributed by atoms with van der Waals surface area (Å²) in [6.45, 7) is 4.42. The summed E-state index contributed by atoms with van der Waals surface area (Å²) in [6.07, 6.45) is 1.95. The molecule has 5 aromatic rings. The molecule has 0 bridgehead atoms. The lowest BCUT2D eigenvalue weighted by atomic mass is 9.99. The summed E-state index contributed by atoms with van der Waals surface area (Å²) in [5, 5.41) is 2.27. The molecule has 5 rings (SSSR count). The van der Waals surface area contributed by atoms with Crippen molar-refractivity contribution >= 4 is 21.9 Å². The van der Waals surface area contributed by atoms with Crippen LogP contribution in [0.1, 0.15) is 25.3 Å². The van der Waals surface area contributed by atoms with Gasteiger partial charge >= 0.3 is 0 Å². The molecule has 136 valence electrons. The van der Waals surface area contributed by atoms with Crippen molar-refractivity contribution in [2.24, 2.45) is 0 Å². The molecule has 0 unspecified atom stereocenters. The van der Waals surface area contributed by atoms with Crippen LogP contribution in [0.15, 0.2) is 89.5 Å². The molecule has 0 amide bonds. The van der Waals surface area contributed by atoms with Crippen LogP contribution in [0.2, 0.25) is 0 Å². The van der Waals surface area contributed by atoms with E-state index in [0.717, 1.165) is 38.8 Å². The summed E-state index contributed by atoms with van der Waals surface area (Å²) in [5.74, 6) is 0.541. The summed E-state index contributed by atoms with van der Waals surface area (Å²) in [6, 6.07) is 27.4. The molecule has 2 heteroatoms. The Labute approximate surface area is 164 Å². The van der Waals surface area contributed by atoms with Gasteiger partial charge in [-0.3, -0.25) is 4.98 Å². The second-order valence-corrected chi connectivity index (χ2v) is 7.49. The molecular formula is C26H21NO. The second kappa shape index (κ2) is 6.65. The number of pyridine rings is 1. The Morgan fingerprint density at radius 1 is 0.714 bits per heavy atom. The highest BCUT2D eigenvalue weighted by Crippen LogP contribution is 2.35. The van der Waals surface area contributed by atoms with Crippen molar-refractivity contribution in [2.75, 3.05) is 0 Å². The van der Waals surface area contributed by atoms with Crippen molar-refractivity contribution in [3.63, 3.8) is 0 Å². The average molecular weight is 363 g/mol. The Morgan fingerprint density at radius 2 is 1.46 bits per heavy atom. The number of nitrogens with zero attached hydrogens (tertiary/aromatic N) is 1. The second-order valence-electron chi connectivity index (χ2n) is 7.49. The minimum Gasteiger partial charge on any atom is -0.455 e. The predicted molar refractivity (Wildman–Crippen MR) is 116 cm³/mol. The minimum atomic E-state index is 0.541. The Hall–Kier alpha value is -3.39. The van der Waals surface area contributed by atoms with Crippen molar-refractivity contribution in [1.82, 2.24) is 4.98 Å². The van der Waals surface area contributed by atoms with Crippen LogP contribution in [0.25, 0.3) is 44.3 Å². The van der Waals surface area contributed by atoms with Crippen LogP contribution in [0.5, 0.6) is 0 Å². The molecule has 0 atom stereocenters. The van der Waals surface area contributed by atoms with Crippen LogP contribution in [0, 0.1) is 0 Å². The van der Waals surface area contributed by atoms with E-state index in [4.69, 9.17) is 9.40 Å². The number of rotatable bonds is 3. The lowest BCUT2D eigenvalue weighted by molar-refractivity contribution is 0.670. The van der Waals surface area contributed by atoms with Crippen molar-refractivity contribution in [2.45, 2.75) is 19.8 Å². The number of aromatic nitrogens is 1. The molecule has 0 fully saturated rings. The third kappa shape index (κ3) is 2.78. The quantitative estimate of drug-likeness (QED) is 0.333. The number of benzene rings is 3. The zero-order chi connectivity index (χ0) is 19.1. The Bertz CT molecular complexity index is 1260. The van der Waals surface area contributed by atoms with Crippen LogP contribution in [-0.2, 0) is 0 Å². The first-order chi connectivity index (χ1) is 13.7. The molecule has 0 saturated heterocycles. The molecule has 0 N–H and O–H groups in total. The molecule has 28 heavy (non-hydrogen) atoms. The first-order valence-electron chi connectivity index (χ1n) is 9.68. The minimum absolute atomic E-state index is 0.541. The number of hydrogen-bond donors (Lipinski definition) is 0. The average Bonchev–Trinajstić information content (AvgIpc) is 3.13. The summed E-state index contributed by atoms with van der Waals surface area (Å²) < 4.78 is 6.15. The molecule has 0 aliphatic rings. The monoisotopic (exact) mass is 363 g/mol. The van der Waals surface area contributed by atoms with E-state index in [0.29, 0.717) is 5.92 Å². The SMILES string of the molecule is CC(C)c1ccc(-c2ccc(-c3cccc4c3oc3ccccc34)nc2)cc1. The van der Waals surface area contributed by atoms with Gasteiger partial charge in [0.25, 0.3) is 0 Å². The third-order valence-corrected chi connectivity index (χ3v) is 5.35. The molecule has 0 saturated carbocycles. The molecule has 0 radical (unpaired) electrons. The van der Waals surface area contributed by atoms with E-state index >= 15 is 0 Å². The van der Waals surface area contributed by atoms with Gasteiger partial charge in [0.05, 0.1) is 5.69 Å². The van der Waals surface area contributed by atoms with Crippen LogP contribution < -0.4 is 0 Å². The number of para-hydroxylation sites is 2. The molecule has 0 aliphatic heterocycles. The topological polar surface area (TPSA) is 26.0 Å². The lowest BCUT2D eigenvalue weighted by Gasteiger charge is -2.08. The lowest BCUT2D eigenvalue weighted by Crippen LogP contribution is -1.88. The van der Waals surface area contributed by atoms with Crippen LogP contribution in [-0.4, -0.2) is 4.98 Å². The Balaban J connectivity index is 1.55. The van der Waals surface area contributed by atoms with Crippen molar-refractivity contribution < 1.29 is 4.42 Å². The van der Waals surface area contributed by atoms with Crippen LogP contribution in [0.4, 0.5) is 0 Å². The fourth-order valence-electron chi connectivity index (χ4n) is 3.73. The first kappa shape index (κ1) is 16.8. The highest BCUT2D eigenvalue weighted by molar-refractivity contribution is 6.09. The molecule has 2 heterocycles. The molecule has 0 spiro atoms. The van der Waals surface area contributed by atoms with Gasteiger partial charge in [-0.25, -0.2) is 0 Å². The number of hydrogen-bond acceptors (Lipinski definition) is 2. The molecule has 3 aromatic carbocycles. The molecule has 2 aromatic heterocycles. The van der Waals surface area contributed by atoms with Crippen LogP contribution in [0.3, 0.4) is 0 Å². The fourth-order valence-corrected chi connectivity index (χ4v) is 3.73. The van der Waals surface area contributed by atoms with E-state index in [9.17, 15) is 0 Å². The van der Waals surface area contributed by atoms with Gasteiger partial charge < -0.3 is 4.42 Å². The van der Waals surface area contributed by atoms with Gasteiger partial charge in [-0.15, -0.1) is 0 Å². The standard InChI is InChI=1S/C26H21NO/c1-17(2)18-10-12-19(13-11-18)20-14-15-24(27-16-20)23-8-5-7-22-21-6-3-4-9-25(21)28-26(22)23/h3-17H,1-2H3. The summed E-state index contributed by atoms with van der Waals surface area (Å²) >= 11 is 0.